The number of rotatable bonds is 4. The minimum absolute atomic E-state index is 0.00371. The monoisotopic (exact) mass is 494 g/mol. The molecular weight excluding hydrogens is 475 g/mol. The van der Waals surface area contributed by atoms with Crippen LogP contribution < -0.4 is 4.74 Å². The van der Waals surface area contributed by atoms with E-state index in [0.29, 0.717) is 28.5 Å². The molecule has 1 amide bonds. The molecule has 3 aromatic rings. The van der Waals surface area contributed by atoms with E-state index >= 15 is 0 Å². The van der Waals surface area contributed by atoms with Gasteiger partial charge in [0.2, 0.25) is 0 Å². The van der Waals surface area contributed by atoms with E-state index in [1.165, 1.54) is 4.90 Å². The van der Waals surface area contributed by atoms with E-state index in [4.69, 9.17) is 27.9 Å². The molecule has 6 nitrogen and oxygen atoms in total. The summed E-state index contributed by atoms with van der Waals surface area (Å²) < 4.78 is 5.66. The van der Waals surface area contributed by atoms with Crippen molar-refractivity contribution in [1.82, 2.24) is 9.88 Å². The highest BCUT2D eigenvalue weighted by atomic mass is 35.5. The Morgan fingerprint density at radius 1 is 1.09 bits per heavy atom. The smallest absolute Gasteiger partial charge is 0.296 e. The number of fused-ring (bicyclic) bond motifs is 1. The average molecular weight is 495 g/mol. The van der Waals surface area contributed by atoms with Crippen LogP contribution in [0.5, 0.6) is 5.75 Å². The lowest BCUT2D eigenvalue weighted by atomic mass is 9.94. The molecule has 5 rings (SSSR count). The summed E-state index contributed by atoms with van der Waals surface area (Å²) in [5.41, 5.74) is 2.57. The summed E-state index contributed by atoms with van der Waals surface area (Å²) in [5, 5.41) is 11.9. The molecule has 3 heterocycles. The third-order valence-electron chi connectivity index (χ3n) is 6.04. The van der Waals surface area contributed by atoms with Crippen LogP contribution in [0.4, 0.5) is 0 Å². The Balaban J connectivity index is 1.65. The maximum absolute atomic E-state index is 13.2. The zero-order valence-corrected chi connectivity index (χ0v) is 19.5. The van der Waals surface area contributed by atoms with Crippen LogP contribution in [0.2, 0.25) is 10.0 Å². The van der Waals surface area contributed by atoms with Crippen molar-refractivity contribution in [2.24, 2.45) is 0 Å². The van der Waals surface area contributed by atoms with Crippen molar-refractivity contribution in [2.75, 3.05) is 6.61 Å². The van der Waals surface area contributed by atoms with Gasteiger partial charge in [0.25, 0.3) is 11.7 Å². The van der Waals surface area contributed by atoms with Gasteiger partial charge in [0, 0.05) is 11.8 Å². The van der Waals surface area contributed by atoms with Crippen LogP contribution >= 0.6 is 23.2 Å². The number of benzene rings is 2. The number of halogens is 2. The first-order valence-corrected chi connectivity index (χ1v) is 11.6. The minimum Gasteiger partial charge on any atom is -0.507 e. The molecule has 34 heavy (non-hydrogen) atoms. The van der Waals surface area contributed by atoms with E-state index in [1.54, 1.807) is 48.7 Å². The van der Waals surface area contributed by atoms with E-state index in [0.717, 1.165) is 24.2 Å². The van der Waals surface area contributed by atoms with Gasteiger partial charge in [-0.05, 0) is 66.4 Å². The van der Waals surface area contributed by atoms with Gasteiger partial charge in [-0.15, -0.1) is 0 Å². The number of aliphatic hydroxyl groups is 1. The molecule has 172 valence electrons. The number of ketones is 1. The third kappa shape index (κ3) is 4.04. The van der Waals surface area contributed by atoms with Crippen LogP contribution in [-0.4, -0.2) is 33.3 Å². The molecule has 8 heteroatoms. The van der Waals surface area contributed by atoms with Crippen molar-refractivity contribution in [3.05, 3.63) is 98.8 Å². The highest BCUT2D eigenvalue weighted by molar-refractivity contribution is 6.46. The molecule has 0 spiro atoms. The van der Waals surface area contributed by atoms with Crippen LogP contribution in [0, 0.1) is 0 Å². The van der Waals surface area contributed by atoms with Gasteiger partial charge in [-0.1, -0.05) is 35.3 Å². The van der Waals surface area contributed by atoms with Crippen molar-refractivity contribution in [3.8, 4) is 5.75 Å². The number of aliphatic hydroxyl groups excluding tert-OH is 1. The van der Waals surface area contributed by atoms with Gasteiger partial charge in [0.1, 0.15) is 11.5 Å². The molecule has 1 aromatic heterocycles. The number of carbonyl (C=O) groups excluding carboxylic acids is 2. The predicted octanol–water partition coefficient (Wildman–Crippen LogP) is 5.34. The van der Waals surface area contributed by atoms with Crippen LogP contribution in [0.15, 0.2) is 66.4 Å². The van der Waals surface area contributed by atoms with Crippen LogP contribution in [0.3, 0.4) is 0 Å². The Hall–Kier alpha value is -3.35. The number of aromatic nitrogens is 1. The molecule has 1 saturated heterocycles. The summed E-state index contributed by atoms with van der Waals surface area (Å²) in [6.07, 6.45) is 3.30. The number of aryl methyl sites for hydroxylation is 1. The van der Waals surface area contributed by atoms with Crippen molar-refractivity contribution >= 4 is 40.7 Å². The predicted molar refractivity (Wildman–Crippen MR) is 129 cm³/mol. The third-order valence-corrected chi connectivity index (χ3v) is 6.78. The van der Waals surface area contributed by atoms with Crippen LogP contribution in [0.1, 0.15) is 34.8 Å². The summed E-state index contributed by atoms with van der Waals surface area (Å²) in [7, 11) is 0. The topological polar surface area (TPSA) is 79.7 Å². The number of hydrogen-bond donors (Lipinski definition) is 1. The van der Waals surface area contributed by atoms with Crippen molar-refractivity contribution in [2.45, 2.75) is 25.4 Å². The van der Waals surface area contributed by atoms with Crippen molar-refractivity contribution in [1.29, 1.82) is 0 Å². The fourth-order valence-corrected chi connectivity index (χ4v) is 4.71. The van der Waals surface area contributed by atoms with Gasteiger partial charge in [0.05, 0.1) is 40.5 Å². The Bertz CT molecular complexity index is 1320. The molecule has 2 aliphatic heterocycles. The number of likely N-dealkylation sites (tertiary alicyclic amines) is 1. The average Bonchev–Trinajstić information content (AvgIpc) is 3.10. The number of Topliss-reactive ketones (excluding diaryl/α,β-unsaturated/α-hetero) is 1. The lowest BCUT2D eigenvalue weighted by Gasteiger charge is -2.25. The van der Waals surface area contributed by atoms with Gasteiger partial charge >= 0.3 is 0 Å². The maximum atomic E-state index is 13.2. The molecule has 0 saturated carbocycles. The summed E-state index contributed by atoms with van der Waals surface area (Å²) in [4.78, 5) is 32.1. The van der Waals surface area contributed by atoms with Gasteiger partial charge in [-0.25, -0.2) is 0 Å². The van der Waals surface area contributed by atoms with E-state index in [2.05, 4.69) is 4.98 Å². The van der Waals surface area contributed by atoms with E-state index in [9.17, 15) is 14.7 Å². The van der Waals surface area contributed by atoms with Crippen LogP contribution in [0.25, 0.3) is 5.76 Å². The van der Waals surface area contributed by atoms with Crippen LogP contribution in [-0.2, 0) is 22.6 Å². The molecular formula is C26H20Cl2N2O4. The number of hydrogen-bond acceptors (Lipinski definition) is 5. The summed E-state index contributed by atoms with van der Waals surface area (Å²) >= 11 is 12.4. The van der Waals surface area contributed by atoms with Gasteiger partial charge < -0.3 is 14.7 Å². The summed E-state index contributed by atoms with van der Waals surface area (Å²) in [6.45, 7) is 0.736. The van der Waals surface area contributed by atoms with Crippen molar-refractivity contribution < 1.29 is 19.4 Å². The quantitative estimate of drug-likeness (QED) is 0.301. The minimum atomic E-state index is -0.857. The molecule has 0 aliphatic carbocycles. The Morgan fingerprint density at radius 2 is 1.94 bits per heavy atom. The molecule has 1 unspecified atom stereocenters. The maximum Gasteiger partial charge on any atom is 0.296 e. The molecule has 1 fully saturated rings. The second-order valence-corrected chi connectivity index (χ2v) is 9.01. The second kappa shape index (κ2) is 9.12. The number of carbonyl (C=O) groups is 2. The standard InChI is InChI=1S/C26H20Cl2N2O4/c27-19-8-6-16(13-20(19)28)23-22(24(31)17-7-9-21-15(12-17)4-3-11-34-21)25(32)26(33)30(23)14-18-5-1-2-10-29-18/h1-2,5-10,12-13,23,31H,3-4,11,14H2/b24-22-. The summed E-state index contributed by atoms with van der Waals surface area (Å²) in [5.74, 6) is -0.964. The first-order valence-electron chi connectivity index (χ1n) is 10.8. The molecule has 2 aliphatic rings. The first kappa shape index (κ1) is 22.4. The largest absolute Gasteiger partial charge is 0.507 e. The molecule has 1 N–H and O–H groups in total. The lowest BCUT2D eigenvalue weighted by molar-refractivity contribution is -0.140. The summed E-state index contributed by atoms with van der Waals surface area (Å²) in [6, 6.07) is 14.7. The van der Waals surface area contributed by atoms with E-state index < -0.39 is 17.7 Å². The van der Waals surface area contributed by atoms with Crippen molar-refractivity contribution in [3.63, 3.8) is 0 Å². The number of nitrogens with zero attached hydrogens (tertiary/aromatic N) is 2. The Labute approximate surface area is 206 Å². The fourth-order valence-electron chi connectivity index (χ4n) is 4.40. The number of ether oxygens (including phenoxy) is 1. The number of pyridine rings is 1. The highest BCUT2D eigenvalue weighted by Gasteiger charge is 2.46. The van der Waals surface area contributed by atoms with Gasteiger partial charge in [-0.2, -0.15) is 0 Å². The Kier molecular flexibility index (Phi) is 6.02. The second-order valence-electron chi connectivity index (χ2n) is 8.20. The van der Waals surface area contributed by atoms with Gasteiger partial charge in [-0.3, -0.25) is 14.6 Å². The fraction of sp³-hybridized carbons (Fsp3) is 0.192. The highest BCUT2D eigenvalue weighted by Crippen LogP contribution is 2.42. The molecule has 2 aromatic carbocycles. The van der Waals surface area contributed by atoms with Gasteiger partial charge in [0.15, 0.2) is 0 Å². The zero-order chi connectivity index (χ0) is 23.8. The first-order chi connectivity index (χ1) is 16.4. The zero-order valence-electron chi connectivity index (χ0n) is 18.0. The van der Waals surface area contributed by atoms with E-state index in [1.807, 2.05) is 12.1 Å². The normalized spacial score (nSPS) is 19.1. The number of amides is 1. The lowest BCUT2D eigenvalue weighted by Crippen LogP contribution is -2.29. The SMILES string of the molecule is O=C1C(=O)N(Cc2ccccn2)C(c2ccc(Cl)c(Cl)c2)/C1=C(/O)c1ccc2c(c1)CCCO2. The Morgan fingerprint density at radius 3 is 2.71 bits per heavy atom. The molecule has 0 bridgehead atoms. The molecule has 1 atom stereocenters. The van der Waals surface area contributed by atoms with E-state index in [-0.39, 0.29) is 22.9 Å². The molecule has 0 radical (unpaired) electrons.